The monoisotopic (exact) mass is 497 g/mol. The highest BCUT2D eigenvalue weighted by atomic mass is 127. The van der Waals surface area contributed by atoms with Crippen LogP contribution in [0.3, 0.4) is 0 Å². The van der Waals surface area contributed by atoms with E-state index < -0.39 is 0 Å². The maximum absolute atomic E-state index is 4.34. The highest BCUT2D eigenvalue weighted by Crippen LogP contribution is 2.28. The first-order valence-corrected chi connectivity index (χ1v) is 9.45. The number of nitrogens with zero attached hydrogens (tertiary/aromatic N) is 1. The van der Waals surface area contributed by atoms with Gasteiger partial charge in [-0.2, -0.15) is 11.8 Å². The van der Waals surface area contributed by atoms with Crippen molar-refractivity contribution < 1.29 is 0 Å². The molecule has 0 heterocycles. The Bertz CT molecular complexity index is 510. The number of hydrogen-bond donors (Lipinski definition) is 2. The van der Waals surface area contributed by atoms with Crippen LogP contribution in [0.15, 0.2) is 27.7 Å². The first-order chi connectivity index (χ1) is 10.1. The Kier molecular flexibility index (Phi) is 9.16. The Morgan fingerprint density at radius 1 is 1.41 bits per heavy atom. The molecule has 1 aromatic carbocycles. The van der Waals surface area contributed by atoms with Crippen LogP contribution < -0.4 is 10.6 Å². The van der Waals surface area contributed by atoms with E-state index >= 15 is 0 Å². The number of aliphatic imine (C=N–C) groups is 1. The second-order valence-corrected chi connectivity index (χ2v) is 7.56. The maximum Gasteiger partial charge on any atom is 0.191 e. The highest BCUT2D eigenvalue weighted by Gasteiger charge is 2.24. The summed E-state index contributed by atoms with van der Waals surface area (Å²) in [5, 5.41) is 7.77. The van der Waals surface area contributed by atoms with E-state index in [1.165, 1.54) is 30.4 Å². The number of aryl methyl sites for hydroxylation is 1. The predicted molar refractivity (Wildman–Crippen MR) is 113 cm³/mol. The van der Waals surface area contributed by atoms with Crippen LogP contribution in [-0.2, 0) is 6.54 Å². The molecule has 3 nitrogen and oxygen atoms in total. The van der Waals surface area contributed by atoms with Gasteiger partial charge in [0, 0.05) is 29.4 Å². The molecule has 1 saturated carbocycles. The van der Waals surface area contributed by atoms with Gasteiger partial charge in [-0.25, -0.2) is 0 Å². The minimum atomic E-state index is 0. The van der Waals surface area contributed by atoms with Crippen LogP contribution in [0, 0.1) is 6.92 Å². The average molecular weight is 498 g/mol. The summed E-state index contributed by atoms with van der Waals surface area (Å²) in [6.07, 6.45) is 5.99. The van der Waals surface area contributed by atoms with Gasteiger partial charge in [-0.15, -0.1) is 24.0 Å². The molecule has 1 aliphatic rings. The molecule has 1 aliphatic carbocycles. The average Bonchev–Trinajstić information content (AvgIpc) is 2.92. The van der Waals surface area contributed by atoms with Crippen molar-refractivity contribution in [3.8, 4) is 0 Å². The van der Waals surface area contributed by atoms with E-state index in [0.717, 1.165) is 22.2 Å². The van der Waals surface area contributed by atoms with Crippen LogP contribution in [0.1, 0.15) is 30.4 Å². The fraction of sp³-hybridized carbons (Fsp3) is 0.562. The smallest absolute Gasteiger partial charge is 0.191 e. The van der Waals surface area contributed by atoms with E-state index in [0.29, 0.717) is 6.04 Å². The molecule has 2 unspecified atom stereocenters. The molecule has 22 heavy (non-hydrogen) atoms. The van der Waals surface area contributed by atoms with Crippen molar-refractivity contribution in [3.63, 3.8) is 0 Å². The number of guanidine groups is 1. The Labute approximate surface area is 163 Å². The molecular weight excluding hydrogens is 473 g/mol. The van der Waals surface area contributed by atoms with Gasteiger partial charge < -0.3 is 10.6 Å². The van der Waals surface area contributed by atoms with Gasteiger partial charge >= 0.3 is 0 Å². The van der Waals surface area contributed by atoms with E-state index in [4.69, 9.17) is 0 Å². The lowest BCUT2D eigenvalue weighted by Gasteiger charge is -2.18. The third-order valence-corrected chi connectivity index (χ3v) is 5.62. The summed E-state index contributed by atoms with van der Waals surface area (Å²) in [7, 11) is 1.84. The van der Waals surface area contributed by atoms with Crippen LogP contribution in [0.4, 0.5) is 0 Å². The van der Waals surface area contributed by atoms with Gasteiger partial charge in [0.2, 0.25) is 0 Å². The van der Waals surface area contributed by atoms with Gasteiger partial charge in [0.05, 0.1) is 0 Å². The normalized spacial score (nSPS) is 21.4. The van der Waals surface area contributed by atoms with Crippen molar-refractivity contribution in [2.24, 2.45) is 4.99 Å². The minimum Gasteiger partial charge on any atom is -0.354 e. The van der Waals surface area contributed by atoms with Crippen molar-refractivity contribution in [3.05, 3.63) is 33.8 Å². The molecule has 2 rings (SSSR count). The highest BCUT2D eigenvalue weighted by molar-refractivity contribution is 14.0. The van der Waals surface area contributed by atoms with Gasteiger partial charge in [0.25, 0.3) is 0 Å². The number of thioether (sulfide) groups is 1. The zero-order chi connectivity index (χ0) is 15.2. The number of nitrogens with one attached hydrogen (secondary N) is 2. The van der Waals surface area contributed by atoms with Crippen LogP contribution in [0.25, 0.3) is 0 Å². The minimum absolute atomic E-state index is 0. The molecule has 0 aliphatic heterocycles. The quantitative estimate of drug-likeness (QED) is 0.369. The second kappa shape index (κ2) is 10.0. The molecule has 0 aromatic heterocycles. The van der Waals surface area contributed by atoms with Crippen LogP contribution in [-0.4, -0.2) is 30.6 Å². The van der Waals surface area contributed by atoms with Crippen molar-refractivity contribution in [2.75, 3.05) is 13.3 Å². The molecule has 1 aromatic rings. The molecule has 0 radical (unpaired) electrons. The largest absolute Gasteiger partial charge is 0.354 e. The summed E-state index contributed by atoms with van der Waals surface area (Å²) in [5.41, 5.74) is 2.59. The summed E-state index contributed by atoms with van der Waals surface area (Å²) in [4.78, 5) is 4.34. The van der Waals surface area contributed by atoms with E-state index in [1.807, 2.05) is 18.8 Å². The zero-order valence-electron chi connectivity index (χ0n) is 13.4. The summed E-state index contributed by atoms with van der Waals surface area (Å²) >= 11 is 5.48. The summed E-state index contributed by atoms with van der Waals surface area (Å²) < 4.78 is 1.13. The van der Waals surface area contributed by atoms with Crippen LogP contribution >= 0.6 is 51.7 Å². The fourth-order valence-corrected chi connectivity index (χ4v) is 3.98. The molecule has 0 saturated heterocycles. The van der Waals surface area contributed by atoms with Gasteiger partial charge in [0.15, 0.2) is 5.96 Å². The summed E-state index contributed by atoms with van der Waals surface area (Å²) in [5.74, 6) is 0.907. The van der Waals surface area contributed by atoms with E-state index in [2.05, 4.69) is 62.9 Å². The number of benzene rings is 1. The first-order valence-electron chi connectivity index (χ1n) is 7.37. The summed E-state index contributed by atoms with van der Waals surface area (Å²) in [6, 6.07) is 6.94. The van der Waals surface area contributed by atoms with Crippen molar-refractivity contribution in [1.29, 1.82) is 0 Å². The van der Waals surface area contributed by atoms with Crippen molar-refractivity contribution in [1.82, 2.24) is 10.6 Å². The zero-order valence-corrected chi connectivity index (χ0v) is 18.1. The predicted octanol–water partition coefficient (Wildman–Crippen LogP) is 4.32. The lowest BCUT2D eigenvalue weighted by Crippen LogP contribution is -2.42. The lowest BCUT2D eigenvalue weighted by atomic mass is 10.1. The second-order valence-electron chi connectivity index (χ2n) is 5.51. The van der Waals surface area contributed by atoms with Crippen LogP contribution in [0.5, 0.6) is 0 Å². The standard InChI is InChI=1S/C16H24BrN3S.HI/c1-11-8-13(17)5-4-12(11)10-19-16(18-2)20-14-6-7-15(9-14)21-3;/h4-5,8,14-15H,6-7,9-10H2,1-3H3,(H2,18,19,20);1H. The first kappa shape index (κ1) is 20.1. The molecule has 2 N–H and O–H groups in total. The molecular formula is C16H25BrIN3S. The third-order valence-electron chi connectivity index (χ3n) is 4.03. The van der Waals surface area contributed by atoms with Gasteiger partial charge in [-0.1, -0.05) is 22.0 Å². The van der Waals surface area contributed by atoms with Crippen LogP contribution in [0.2, 0.25) is 0 Å². The Morgan fingerprint density at radius 3 is 2.77 bits per heavy atom. The molecule has 0 spiro atoms. The molecule has 0 amide bonds. The van der Waals surface area contributed by atoms with Crippen molar-refractivity contribution >= 4 is 57.6 Å². The molecule has 124 valence electrons. The van der Waals surface area contributed by atoms with E-state index in [1.54, 1.807) is 0 Å². The van der Waals surface area contributed by atoms with Gasteiger partial charge in [-0.3, -0.25) is 4.99 Å². The lowest BCUT2D eigenvalue weighted by molar-refractivity contribution is 0.614. The Hall–Kier alpha value is 0.0500. The van der Waals surface area contributed by atoms with E-state index in [-0.39, 0.29) is 24.0 Å². The Morgan fingerprint density at radius 2 is 2.18 bits per heavy atom. The van der Waals surface area contributed by atoms with Crippen molar-refractivity contribution in [2.45, 2.75) is 44.0 Å². The number of halogens is 2. The molecule has 0 bridgehead atoms. The van der Waals surface area contributed by atoms with Gasteiger partial charge in [-0.05, 0) is 55.7 Å². The molecule has 6 heteroatoms. The Balaban J connectivity index is 0.00000242. The maximum atomic E-state index is 4.34. The number of rotatable bonds is 4. The van der Waals surface area contributed by atoms with Gasteiger partial charge in [0.1, 0.15) is 0 Å². The number of hydrogen-bond acceptors (Lipinski definition) is 2. The molecule has 2 atom stereocenters. The molecule has 1 fully saturated rings. The topological polar surface area (TPSA) is 36.4 Å². The SMILES string of the molecule is CN=C(NCc1ccc(Br)cc1C)NC1CCC(SC)C1.I. The third kappa shape index (κ3) is 5.92. The summed E-state index contributed by atoms with van der Waals surface area (Å²) in [6.45, 7) is 2.94. The van der Waals surface area contributed by atoms with E-state index in [9.17, 15) is 0 Å². The fourth-order valence-electron chi connectivity index (χ4n) is 2.71.